The summed E-state index contributed by atoms with van der Waals surface area (Å²) >= 11 is 5.78. The first-order chi connectivity index (χ1) is 9.56. The fourth-order valence-electron chi connectivity index (χ4n) is 2.08. The Morgan fingerprint density at radius 3 is 2.55 bits per heavy atom. The number of methoxy groups -OCH3 is 1. The Balaban J connectivity index is 2.49. The maximum Gasteiger partial charge on any atom is 0.132 e. The van der Waals surface area contributed by atoms with E-state index in [2.05, 4.69) is 43.8 Å². The molecular weight excluding hydrogens is 436 g/mol. The predicted molar refractivity (Wildman–Crippen MR) is 90.7 cm³/mol. The molecule has 106 valence electrons. The summed E-state index contributed by atoms with van der Waals surface area (Å²) in [6.07, 6.45) is 0. The van der Waals surface area contributed by atoms with Gasteiger partial charge in [-0.05, 0) is 59.5 Å². The van der Waals surface area contributed by atoms with Crippen LogP contribution in [0.2, 0.25) is 0 Å². The van der Waals surface area contributed by atoms with Crippen LogP contribution >= 0.6 is 38.5 Å². The molecule has 0 aliphatic heterocycles. The Morgan fingerprint density at radius 2 is 1.95 bits per heavy atom. The van der Waals surface area contributed by atoms with Gasteiger partial charge < -0.3 is 10.1 Å². The van der Waals surface area contributed by atoms with Gasteiger partial charge in [0.2, 0.25) is 0 Å². The predicted octanol–water partition coefficient (Wildman–Crippen LogP) is 4.51. The number of halogens is 3. The van der Waals surface area contributed by atoms with Gasteiger partial charge in [-0.25, -0.2) is 4.39 Å². The quantitative estimate of drug-likeness (QED) is 0.693. The van der Waals surface area contributed by atoms with Gasteiger partial charge in [-0.3, -0.25) is 0 Å². The van der Waals surface area contributed by atoms with Gasteiger partial charge in [-0.1, -0.05) is 22.0 Å². The minimum atomic E-state index is -0.283. The van der Waals surface area contributed by atoms with E-state index in [-0.39, 0.29) is 11.9 Å². The van der Waals surface area contributed by atoms with E-state index >= 15 is 0 Å². The Morgan fingerprint density at radius 1 is 1.20 bits per heavy atom. The van der Waals surface area contributed by atoms with Crippen molar-refractivity contribution in [1.82, 2.24) is 5.32 Å². The number of nitrogens with one attached hydrogen (secondary N) is 1. The fourth-order valence-corrected chi connectivity index (χ4v) is 3.07. The molecule has 0 aromatic heterocycles. The Labute approximate surface area is 140 Å². The first kappa shape index (κ1) is 15.7. The molecule has 0 bridgehead atoms. The van der Waals surface area contributed by atoms with Gasteiger partial charge in [-0.2, -0.15) is 0 Å². The van der Waals surface area contributed by atoms with Gasteiger partial charge in [0.25, 0.3) is 0 Å². The van der Waals surface area contributed by atoms with Crippen LogP contribution < -0.4 is 10.1 Å². The van der Waals surface area contributed by atoms with Crippen molar-refractivity contribution >= 4 is 38.5 Å². The molecule has 1 atom stereocenters. The summed E-state index contributed by atoms with van der Waals surface area (Å²) in [6, 6.07) is 10.7. The van der Waals surface area contributed by atoms with Crippen molar-refractivity contribution < 1.29 is 9.13 Å². The summed E-state index contributed by atoms with van der Waals surface area (Å²) in [5.74, 6) is 0.234. The molecule has 5 heteroatoms. The first-order valence-corrected chi connectivity index (χ1v) is 7.89. The van der Waals surface area contributed by atoms with Gasteiger partial charge >= 0.3 is 0 Å². The molecule has 0 radical (unpaired) electrons. The third-order valence-electron chi connectivity index (χ3n) is 3.08. The topological polar surface area (TPSA) is 21.3 Å². The van der Waals surface area contributed by atoms with E-state index < -0.39 is 0 Å². The highest BCUT2D eigenvalue weighted by Crippen LogP contribution is 2.32. The lowest BCUT2D eigenvalue weighted by Crippen LogP contribution is -2.19. The SMILES string of the molecule is CNC(c1ccc(OC)cc1F)c1cc(I)ccc1Br. The van der Waals surface area contributed by atoms with Gasteiger partial charge in [-0.15, -0.1) is 0 Å². The van der Waals surface area contributed by atoms with Crippen LogP contribution in [0.4, 0.5) is 4.39 Å². The first-order valence-electron chi connectivity index (χ1n) is 6.02. The molecule has 0 aliphatic carbocycles. The maximum atomic E-state index is 14.3. The molecule has 0 amide bonds. The monoisotopic (exact) mass is 449 g/mol. The standard InChI is InChI=1S/C15H14BrFINO/c1-19-15(12-7-9(18)3-6-13(12)16)11-5-4-10(20-2)8-14(11)17/h3-8,15,19H,1-2H3. The van der Waals surface area contributed by atoms with Crippen LogP contribution in [0.25, 0.3) is 0 Å². The number of rotatable bonds is 4. The van der Waals surface area contributed by atoms with Crippen molar-refractivity contribution in [3.05, 3.63) is 61.4 Å². The molecule has 1 unspecified atom stereocenters. The van der Waals surface area contributed by atoms with Crippen LogP contribution in [0.3, 0.4) is 0 Å². The third kappa shape index (κ3) is 3.32. The molecule has 0 saturated carbocycles. The zero-order chi connectivity index (χ0) is 14.7. The molecule has 0 aliphatic rings. The van der Waals surface area contributed by atoms with Crippen LogP contribution in [0.1, 0.15) is 17.2 Å². The average molecular weight is 450 g/mol. The van der Waals surface area contributed by atoms with Crippen molar-refractivity contribution in [2.24, 2.45) is 0 Å². The van der Waals surface area contributed by atoms with Crippen molar-refractivity contribution in [1.29, 1.82) is 0 Å². The fraction of sp³-hybridized carbons (Fsp3) is 0.200. The molecule has 2 aromatic carbocycles. The molecule has 20 heavy (non-hydrogen) atoms. The van der Waals surface area contributed by atoms with E-state index in [0.717, 1.165) is 13.6 Å². The van der Waals surface area contributed by atoms with E-state index in [0.29, 0.717) is 11.3 Å². The van der Waals surface area contributed by atoms with Gasteiger partial charge in [0.15, 0.2) is 0 Å². The second kappa shape index (κ2) is 6.87. The van der Waals surface area contributed by atoms with E-state index in [1.54, 1.807) is 12.1 Å². The summed E-state index contributed by atoms with van der Waals surface area (Å²) < 4.78 is 21.4. The molecule has 0 spiro atoms. The minimum absolute atomic E-state index is 0.218. The smallest absolute Gasteiger partial charge is 0.132 e. The average Bonchev–Trinajstić information content (AvgIpc) is 2.44. The lowest BCUT2D eigenvalue weighted by atomic mass is 9.98. The van der Waals surface area contributed by atoms with E-state index in [9.17, 15) is 4.39 Å². The zero-order valence-corrected chi connectivity index (χ0v) is 14.8. The Hall–Kier alpha value is -0.660. The highest BCUT2D eigenvalue weighted by molar-refractivity contribution is 14.1. The number of ether oxygens (including phenoxy) is 1. The van der Waals surface area contributed by atoms with Crippen molar-refractivity contribution in [3.63, 3.8) is 0 Å². The van der Waals surface area contributed by atoms with Crippen molar-refractivity contribution in [2.45, 2.75) is 6.04 Å². The second-order valence-corrected chi connectivity index (χ2v) is 6.37. The molecular formula is C15H14BrFINO. The molecule has 2 nitrogen and oxygen atoms in total. The third-order valence-corrected chi connectivity index (χ3v) is 4.47. The Kier molecular flexibility index (Phi) is 5.40. The van der Waals surface area contributed by atoms with E-state index in [4.69, 9.17) is 4.74 Å². The van der Waals surface area contributed by atoms with Crippen LogP contribution in [0.15, 0.2) is 40.9 Å². The summed E-state index contributed by atoms with van der Waals surface area (Å²) in [6.45, 7) is 0. The van der Waals surface area contributed by atoms with Crippen molar-refractivity contribution in [2.75, 3.05) is 14.2 Å². The second-order valence-electron chi connectivity index (χ2n) is 4.27. The normalized spacial score (nSPS) is 12.2. The Bertz CT molecular complexity index is 621. The van der Waals surface area contributed by atoms with Gasteiger partial charge in [0.05, 0.1) is 13.2 Å². The minimum Gasteiger partial charge on any atom is -0.497 e. The van der Waals surface area contributed by atoms with Gasteiger partial charge in [0, 0.05) is 19.7 Å². The lowest BCUT2D eigenvalue weighted by Gasteiger charge is -2.20. The largest absolute Gasteiger partial charge is 0.497 e. The van der Waals surface area contributed by atoms with Crippen LogP contribution in [0.5, 0.6) is 5.75 Å². The van der Waals surface area contributed by atoms with Crippen LogP contribution in [0, 0.1) is 9.39 Å². The molecule has 0 saturated heterocycles. The summed E-state index contributed by atoms with van der Waals surface area (Å²) in [4.78, 5) is 0. The van der Waals surface area contributed by atoms with Crippen molar-refractivity contribution in [3.8, 4) is 5.75 Å². The van der Waals surface area contributed by atoms with Crippen LogP contribution in [-0.2, 0) is 0 Å². The summed E-state index contributed by atoms with van der Waals surface area (Å²) in [7, 11) is 3.35. The molecule has 2 rings (SSSR count). The number of benzene rings is 2. The zero-order valence-electron chi connectivity index (χ0n) is 11.1. The highest BCUT2D eigenvalue weighted by Gasteiger charge is 2.19. The number of hydrogen-bond acceptors (Lipinski definition) is 2. The molecule has 0 fully saturated rings. The summed E-state index contributed by atoms with van der Waals surface area (Å²) in [5.41, 5.74) is 1.60. The molecule has 2 aromatic rings. The molecule has 0 heterocycles. The van der Waals surface area contributed by atoms with E-state index in [1.165, 1.54) is 13.2 Å². The highest BCUT2D eigenvalue weighted by atomic mass is 127. The van der Waals surface area contributed by atoms with E-state index in [1.807, 2.05) is 25.2 Å². The maximum absolute atomic E-state index is 14.3. The lowest BCUT2D eigenvalue weighted by molar-refractivity contribution is 0.410. The van der Waals surface area contributed by atoms with Crippen LogP contribution in [-0.4, -0.2) is 14.2 Å². The summed E-state index contributed by atoms with van der Waals surface area (Å²) in [5, 5.41) is 3.17. The van der Waals surface area contributed by atoms with Gasteiger partial charge in [0.1, 0.15) is 11.6 Å². The number of hydrogen-bond donors (Lipinski definition) is 1. The molecule has 1 N–H and O–H groups in total.